The molecule has 0 fully saturated rings. The van der Waals surface area contributed by atoms with Crippen molar-refractivity contribution in [3.8, 4) is 0 Å². The highest BCUT2D eigenvalue weighted by Gasteiger charge is 2.14. The molecule has 0 bridgehead atoms. The normalized spacial score (nSPS) is 12.2. The van der Waals surface area contributed by atoms with E-state index in [1.807, 2.05) is 30.3 Å². The van der Waals surface area contributed by atoms with Crippen molar-refractivity contribution in [2.75, 3.05) is 7.11 Å². The molecule has 0 aliphatic carbocycles. The van der Waals surface area contributed by atoms with Crippen LogP contribution in [0.2, 0.25) is 0 Å². The maximum Gasteiger partial charge on any atom is 0.313 e. The molecule has 0 heterocycles. The van der Waals surface area contributed by atoms with Crippen LogP contribution in [0, 0.1) is 6.92 Å². The quantitative estimate of drug-likeness (QED) is 0.621. The third-order valence-corrected chi connectivity index (χ3v) is 1.69. The lowest BCUT2D eigenvalue weighted by Gasteiger charge is -2.07. The molecule has 1 atom stereocenters. The Balaban J connectivity index is 2.78. The fourth-order valence-corrected chi connectivity index (χ4v) is 0.964. The smallest absolute Gasteiger partial charge is 0.313 e. The Bertz CT molecular complexity index is 254. The second-order valence-corrected chi connectivity index (χ2v) is 2.49. The molecule has 0 saturated heterocycles. The SMILES string of the molecule is [CH2]C(C(=O)OC)c1ccccc1. The van der Waals surface area contributed by atoms with Crippen LogP contribution in [-0.2, 0) is 9.53 Å². The van der Waals surface area contributed by atoms with Crippen LogP contribution in [0.15, 0.2) is 30.3 Å². The van der Waals surface area contributed by atoms with Crippen molar-refractivity contribution in [2.24, 2.45) is 0 Å². The Hall–Kier alpha value is -1.31. The lowest BCUT2D eigenvalue weighted by molar-refractivity contribution is -0.141. The molecule has 1 aromatic carbocycles. The van der Waals surface area contributed by atoms with Crippen molar-refractivity contribution in [3.05, 3.63) is 42.8 Å². The number of ether oxygens (including phenoxy) is 1. The summed E-state index contributed by atoms with van der Waals surface area (Å²) in [7, 11) is 1.36. The molecular weight excluding hydrogens is 152 g/mol. The molecule has 0 spiro atoms. The molecule has 0 aromatic heterocycles. The lowest BCUT2D eigenvalue weighted by atomic mass is 10.0. The van der Waals surface area contributed by atoms with Crippen molar-refractivity contribution in [2.45, 2.75) is 5.92 Å². The highest BCUT2D eigenvalue weighted by molar-refractivity contribution is 5.78. The molecule has 0 saturated carbocycles. The maximum atomic E-state index is 11.0. The topological polar surface area (TPSA) is 26.3 Å². The molecule has 0 aliphatic rings. The van der Waals surface area contributed by atoms with Gasteiger partial charge < -0.3 is 4.74 Å². The Morgan fingerprint density at radius 2 is 2.00 bits per heavy atom. The summed E-state index contributed by atoms with van der Waals surface area (Å²) in [6, 6.07) is 9.35. The third-order valence-electron chi connectivity index (χ3n) is 1.69. The number of hydrogen-bond acceptors (Lipinski definition) is 2. The van der Waals surface area contributed by atoms with Gasteiger partial charge in [-0.2, -0.15) is 0 Å². The summed E-state index contributed by atoms with van der Waals surface area (Å²) >= 11 is 0. The molecule has 0 N–H and O–H groups in total. The van der Waals surface area contributed by atoms with E-state index in [-0.39, 0.29) is 5.97 Å². The zero-order valence-electron chi connectivity index (χ0n) is 6.99. The predicted molar refractivity (Wildman–Crippen MR) is 46.6 cm³/mol. The van der Waals surface area contributed by atoms with Gasteiger partial charge in [0.05, 0.1) is 13.0 Å². The van der Waals surface area contributed by atoms with E-state index >= 15 is 0 Å². The molecule has 0 amide bonds. The van der Waals surface area contributed by atoms with E-state index in [1.54, 1.807) is 0 Å². The molecular formula is C10H11O2. The van der Waals surface area contributed by atoms with Gasteiger partial charge in [-0.1, -0.05) is 30.3 Å². The monoisotopic (exact) mass is 163 g/mol. The van der Waals surface area contributed by atoms with Crippen molar-refractivity contribution in [1.29, 1.82) is 0 Å². The first kappa shape index (κ1) is 8.78. The average molecular weight is 163 g/mol. The molecule has 2 heteroatoms. The highest BCUT2D eigenvalue weighted by Crippen LogP contribution is 2.14. The number of methoxy groups -OCH3 is 1. The van der Waals surface area contributed by atoms with Crippen molar-refractivity contribution < 1.29 is 9.53 Å². The number of carbonyl (C=O) groups is 1. The molecule has 63 valence electrons. The van der Waals surface area contributed by atoms with Crippen LogP contribution < -0.4 is 0 Å². The zero-order chi connectivity index (χ0) is 8.97. The van der Waals surface area contributed by atoms with E-state index in [0.29, 0.717) is 0 Å². The first-order valence-electron chi connectivity index (χ1n) is 3.71. The second kappa shape index (κ2) is 3.90. The third kappa shape index (κ3) is 1.84. The minimum atomic E-state index is -0.420. The van der Waals surface area contributed by atoms with Crippen molar-refractivity contribution in [1.82, 2.24) is 0 Å². The van der Waals surface area contributed by atoms with Gasteiger partial charge in [0.2, 0.25) is 0 Å². The van der Waals surface area contributed by atoms with Crippen LogP contribution in [0.4, 0.5) is 0 Å². The van der Waals surface area contributed by atoms with Crippen LogP contribution in [0.1, 0.15) is 11.5 Å². The van der Waals surface area contributed by atoms with Crippen LogP contribution in [-0.4, -0.2) is 13.1 Å². The molecule has 1 rings (SSSR count). The first-order chi connectivity index (χ1) is 5.75. The highest BCUT2D eigenvalue weighted by atomic mass is 16.5. The summed E-state index contributed by atoms with van der Waals surface area (Å²) in [4.78, 5) is 11.0. The first-order valence-corrected chi connectivity index (χ1v) is 3.71. The van der Waals surface area contributed by atoms with Gasteiger partial charge in [0, 0.05) is 0 Å². The van der Waals surface area contributed by atoms with Crippen LogP contribution in [0.3, 0.4) is 0 Å². The van der Waals surface area contributed by atoms with E-state index in [1.165, 1.54) is 7.11 Å². The minimum Gasteiger partial charge on any atom is -0.469 e. The van der Waals surface area contributed by atoms with E-state index < -0.39 is 5.92 Å². The fourth-order valence-electron chi connectivity index (χ4n) is 0.964. The average Bonchev–Trinajstić information content (AvgIpc) is 2.17. The van der Waals surface area contributed by atoms with Gasteiger partial charge in [-0.05, 0) is 12.5 Å². The standard InChI is InChI=1S/C10H11O2/c1-8(10(11)12-2)9-6-4-3-5-7-9/h3-8H,1H2,2H3. The second-order valence-electron chi connectivity index (χ2n) is 2.49. The van der Waals surface area contributed by atoms with E-state index in [0.717, 1.165) is 5.56 Å². The molecule has 1 unspecified atom stereocenters. The summed E-state index contributed by atoms with van der Waals surface area (Å²) in [5.41, 5.74) is 0.879. The molecule has 1 radical (unpaired) electrons. The summed E-state index contributed by atoms with van der Waals surface area (Å²) < 4.78 is 4.56. The molecule has 1 aromatic rings. The molecule has 0 aliphatic heterocycles. The van der Waals surface area contributed by atoms with Gasteiger partial charge in [-0.15, -0.1) is 0 Å². The minimum absolute atomic E-state index is 0.304. The number of esters is 1. The fraction of sp³-hybridized carbons (Fsp3) is 0.200. The Morgan fingerprint density at radius 3 is 2.50 bits per heavy atom. The largest absolute Gasteiger partial charge is 0.469 e. The Labute approximate surface area is 72.2 Å². The predicted octanol–water partition coefficient (Wildman–Crippen LogP) is 1.78. The van der Waals surface area contributed by atoms with E-state index in [2.05, 4.69) is 11.7 Å². The summed E-state index contributed by atoms with van der Waals surface area (Å²) in [6.07, 6.45) is 0. The van der Waals surface area contributed by atoms with Gasteiger partial charge in [0.25, 0.3) is 0 Å². The van der Waals surface area contributed by atoms with Crippen LogP contribution in [0.25, 0.3) is 0 Å². The summed E-state index contributed by atoms with van der Waals surface area (Å²) in [6.45, 7) is 3.70. The maximum absolute atomic E-state index is 11.0. The number of rotatable bonds is 2. The van der Waals surface area contributed by atoms with Gasteiger partial charge in [-0.3, -0.25) is 4.79 Å². The van der Waals surface area contributed by atoms with Gasteiger partial charge in [0.15, 0.2) is 0 Å². The number of carbonyl (C=O) groups excluding carboxylic acids is 1. The molecule has 12 heavy (non-hydrogen) atoms. The number of benzene rings is 1. The van der Waals surface area contributed by atoms with Crippen LogP contribution in [0.5, 0.6) is 0 Å². The summed E-state index contributed by atoms with van der Waals surface area (Å²) in [5, 5.41) is 0. The molecule has 2 nitrogen and oxygen atoms in total. The van der Waals surface area contributed by atoms with Gasteiger partial charge in [0.1, 0.15) is 0 Å². The van der Waals surface area contributed by atoms with Crippen molar-refractivity contribution >= 4 is 5.97 Å². The van der Waals surface area contributed by atoms with E-state index in [4.69, 9.17) is 0 Å². The summed E-state index contributed by atoms with van der Waals surface area (Å²) in [5.74, 6) is -0.725. The Morgan fingerprint density at radius 1 is 1.42 bits per heavy atom. The number of hydrogen-bond donors (Lipinski definition) is 0. The van der Waals surface area contributed by atoms with Gasteiger partial charge in [-0.25, -0.2) is 0 Å². The van der Waals surface area contributed by atoms with Gasteiger partial charge >= 0.3 is 5.97 Å². The van der Waals surface area contributed by atoms with Crippen LogP contribution >= 0.6 is 0 Å². The Kier molecular flexibility index (Phi) is 2.86. The lowest BCUT2D eigenvalue weighted by Crippen LogP contribution is -2.10. The zero-order valence-corrected chi connectivity index (χ0v) is 6.99. The van der Waals surface area contributed by atoms with Crippen molar-refractivity contribution in [3.63, 3.8) is 0 Å². The van der Waals surface area contributed by atoms with E-state index in [9.17, 15) is 4.79 Å².